The maximum atomic E-state index is 13.2. The summed E-state index contributed by atoms with van der Waals surface area (Å²) in [4.78, 5) is 24.4. The summed E-state index contributed by atoms with van der Waals surface area (Å²) in [5.41, 5.74) is 0.631. The minimum atomic E-state index is -1.53. The SMILES string of the molecule is COc1cc(S(=O)NCC2CCCC23NC(=O)NC3=O)ccc1-c1ccc(F)cc1. The number of methoxy groups -OCH3 is 1. The van der Waals surface area contributed by atoms with E-state index >= 15 is 0 Å². The van der Waals surface area contributed by atoms with Crippen LogP contribution in [-0.4, -0.2) is 35.3 Å². The molecule has 3 amide bonds. The van der Waals surface area contributed by atoms with Crippen molar-refractivity contribution in [2.75, 3.05) is 13.7 Å². The number of urea groups is 1. The Bertz CT molecular complexity index is 1010. The molecule has 4 rings (SSSR count). The van der Waals surface area contributed by atoms with Gasteiger partial charge in [0.05, 0.1) is 12.0 Å². The Balaban J connectivity index is 1.48. The van der Waals surface area contributed by atoms with Gasteiger partial charge in [-0.15, -0.1) is 0 Å². The van der Waals surface area contributed by atoms with E-state index in [0.717, 1.165) is 24.0 Å². The van der Waals surface area contributed by atoms with E-state index in [0.29, 0.717) is 23.6 Å². The van der Waals surface area contributed by atoms with E-state index < -0.39 is 22.6 Å². The fourth-order valence-corrected chi connectivity index (χ4v) is 5.16. The van der Waals surface area contributed by atoms with Crippen LogP contribution in [0.4, 0.5) is 9.18 Å². The standard InChI is InChI=1S/C21H22FN3O4S/c1-29-18-11-16(8-9-17(18)13-4-6-15(22)7-5-13)30(28)23-12-14-3-2-10-21(14)19(26)24-20(27)25-21/h4-9,11,14,23H,2-3,10,12H2,1H3,(H2,24,25,26,27). The van der Waals surface area contributed by atoms with Crippen LogP contribution in [0.2, 0.25) is 0 Å². The molecule has 3 N–H and O–H groups in total. The van der Waals surface area contributed by atoms with Crippen LogP contribution in [0.5, 0.6) is 5.75 Å². The molecule has 9 heteroatoms. The van der Waals surface area contributed by atoms with Crippen molar-refractivity contribution in [3.8, 4) is 16.9 Å². The predicted octanol–water partition coefficient (Wildman–Crippen LogP) is 2.49. The minimum absolute atomic E-state index is 0.145. The van der Waals surface area contributed by atoms with Gasteiger partial charge in [-0.05, 0) is 48.7 Å². The van der Waals surface area contributed by atoms with Crippen LogP contribution in [0.3, 0.4) is 0 Å². The molecular formula is C21H22FN3O4S. The third-order valence-corrected chi connectivity index (χ3v) is 6.90. The number of carbonyl (C=O) groups excluding carboxylic acids is 2. The Morgan fingerprint density at radius 2 is 2.00 bits per heavy atom. The number of halogens is 1. The van der Waals surface area contributed by atoms with Crippen molar-refractivity contribution in [2.24, 2.45) is 5.92 Å². The Morgan fingerprint density at radius 3 is 2.67 bits per heavy atom. The zero-order valence-corrected chi connectivity index (χ0v) is 17.2. The smallest absolute Gasteiger partial charge is 0.322 e. The maximum absolute atomic E-state index is 13.2. The highest BCUT2D eigenvalue weighted by atomic mass is 32.2. The number of benzene rings is 2. The molecule has 2 aromatic carbocycles. The highest BCUT2D eigenvalue weighted by molar-refractivity contribution is 7.83. The molecule has 30 heavy (non-hydrogen) atoms. The highest BCUT2D eigenvalue weighted by Crippen LogP contribution is 2.38. The largest absolute Gasteiger partial charge is 0.496 e. The molecule has 1 aliphatic heterocycles. The second-order valence-electron chi connectivity index (χ2n) is 7.45. The van der Waals surface area contributed by atoms with Crippen LogP contribution in [-0.2, 0) is 15.8 Å². The van der Waals surface area contributed by atoms with Crippen molar-refractivity contribution >= 4 is 22.9 Å². The number of hydrogen-bond acceptors (Lipinski definition) is 4. The minimum Gasteiger partial charge on any atom is -0.496 e. The molecule has 0 radical (unpaired) electrons. The topological polar surface area (TPSA) is 96.5 Å². The molecule has 2 aromatic rings. The monoisotopic (exact) mass is 431 g/mol. The van der Waals surface area contributed by atoms with Gasteiger partial charge in [0.15, 0.2) is 0 Å². The Hall–Kier alpha value is -2.78. The van der Waals surface area contributed by atoms with Gasteiger partial charge in [0.2, 0.25) is 0 Å². The van der Waals surface area contributed by atoms with E-state index in [-0.39, 0.29) is 17.6 Å². The summed E-state index contributed by atoms with van der Waals surface area (Å²) < 4.78 is 34.4. The molecule has 0 bridgehead atoms. The summed E-state index contributed by atoms with van der Waals surface area (Å²) in [6, 6.07) is 10.8. The highest BCUT2D eigenvalue weighted by Gasteiger charge is 2.54. The van der Waals surface area contributed by atoms with Crippen molar-refractivity contribution in [3.05, 3.63) is 48.3 Å². The van der Waals surface area contributed by atoms with Crippen LogP contribution in [0, 0.1) is 11.7 Å². The first-order valence-corrected chi connectivity index (χ1v) is 10.8. The Labute approximate surface area is 176 Å². The van der Waals surface area contributed by atoms with Gasteiger partial charge in [0.1, 0.15) is 28.1 Å². The predicted molar refractivity (Wildman–Crippen MR) is 110 cm³/mol. The van der Waals surface area contributed by atoms with Gasteiger partial charge in [0, 0.05) is 18.0 Å². The lowest BCUT2D eigenvalue weighted by molar-refractivity contribution is -0.125. The molecule has 158 valence electrons. The van der Waals surface area contributed by atoms with Crippen molar-refractivity contribution < 1.29 is 22.9 Å². The third kappa shape index (κ3) is 3.70. The lowest BCUT2D eigenvalue weighted by Gasteiger charge is -2.28. The molecule has 1 spiro atoms. The zero-order chi connectivity index (χ0) is 21.3. The molecule has 7 nitrogen and oxygen atoms in total. The van der Waals surface area contributed by atoms with Crippen LogP contribution in [0.15, 0.2) is 47.4 Å². The molecule has 1 saturated carbocycles. The average molecular weight is 431 g/mol. The van der Waals surface area contributed by atoms with E-state index in [4.69, 9.17) is 4.74 Å². The summed E-state index contributed by atoms with van der Waals surface area (Å²) in [6.45, 7) is 0.322. The van der Waals surface area contributed by atoms with Crippen LogP contribution in [0.1, 0.15) is 19.3 Å². The molecule has 2 aliphatic rings. The number of amides is 3. The zero-order valence-electron chi connectivity index (χ0n) is 16.4. The third-order valence-electron chi connectivity index (χ3n) is 5.79. The summed E-state index contributed by atoms with van der Waals surface area (Å²) in [6.07, 6.45) is 2.14. The van der Waals surface area contributed by atoms with Gasteiger partial charge in [-0.1, -0.05) is 18.6 Å². The van der Waals surface area contributed by atoms with Crippen LogP contribution >= 0.6 is 0 Å². The molecule has 2 fully saturated rings. The van der Waals surface area contributed by atoms with Gasteiger partial charge in [-0.25, -0.2) is 18.1 Å². The van der Waals surface area contributed by atoms with Gasteiger partial charge in [-0.3, -0.25) is 10.1 Å². The number of hydrogen-bond donors (Lipinski definition) is 3. The van der Waals surface area contributed by atoms with Gasteiger partial charge >= 0.3 is 6.03 Å². The first-order chi connectivity index (χ1) is 14.4. The number of imide groups is 1. The quantitative estimate of drug-likeness (QED) is 0.613. The summed E-state index contributed by atoms with van der Waals surface area (Å²) in [5, 5.41) is 5.06. The van der Waals surface area contributed by atoms with Crippen molar-refractivity contribution in [3.63, 3.8) is 0 Å². The molecule has 1 heterocycles. The Kier molecular flexibility index (Phi) is 5.57. The van der Waals surface area contributed by atoms with Crippen molar-refractivity contribution in [1.29, 1.82) is 0 Å². The first-order valence-electron chi connectivity index (χ1n) is 9.66. The van der Waals surface area contributed by atoms with Crippen LogP contribution in [0.25, 0.3) is 11.1 Å². The molecule has 1 aliphatic carbocycles. The van der Waals surface area contributed by atoms with E-state index in [1.165, 1.54) is 19.2 Å². The lowest BCUT2D eigenvalue weighted by Crippen LogP contribution is -2.52. The second-order valence-corrected chi connectivity index (χ2v) is 8.75. The Morgan fingerprint density at radius 1 is 1.23 bits per heavy atom. The normalized spacial score (nSPS) is 24.0. The fraction of sp³-hybridized carbons (Fsp3) is 0.333. The fourth-order valence-electron chi connectivity index (χ4n) is 4.24. The molecular weight excluding hydrogens is 409 g/mol. The lowest BCUT2D eigenvalue weighted by atomic mass is 9.87. The van der Waals surface area contributed by atoms with E-state index in [1.54, 1.807) is 30.3 Å². The molecule has 1 saturated heterocycles. The summed E-state index contributed by atoms with van der Waals surface area (Å²) in [7, 11) is -0.0108. The maximum Gasteiger partial charge on any atom is 0.322 e. The van der Waals surface area contributed by atoms with Crippen LogP contribution < -0.4 is 20.1 Å². The number of nitrogens with one attached hydrogen (secondary N) is 3. The van der Waals surface area contributed by atoms with E-state index in [9.17, 15) is 18.2 Å². The molecule has 3 unspecified atom stereocenters. The second kappa shape index (κ2) is 8.16. The van der Waals surface area contributed by atoms with E-state index in [1.807, 2.05) is 0 Å². The number of rotatable bonds is 6. The first kappa shape index (κ1) is 20.5. The number of carbonyl (C=O) groups is 2. The van der Waals surface area contributed by atoms with Gasteiger partial charge < -0.3 is 10.1 Å². The molecule has 3 atom stereocenters. The van der Waals surface area contributed by atoms with Gasteiger partial charge in [0.25, 0.3) is 5.91 Å². The summed E-state index contributed by atoms with van der Waals surface area (Å²) >= 11 is 0. The average Bonchev–Trinajstić information content (AvgIpc) is 3.28. The van der Waals surface area contributed by atoms with Crippen molar-refractivity contribution in [2.45, 2.75) is 29.7 Å². The summed E-state index contributed by atoms with van der Waals surface area (Å²) in [5.74, 6) is -0.258. The van der Waals surface area contributed by atoms with Gasteiger partial charge in [-0.2, -0.15) is 0 Å². The van der Waals surface area contributed by atoms with Crippen molar-refractivity contribution in [1.82, 2.24) is 15.4 Å². The number of ether oxygens (including phenoxy) is 1. The van der Waals surface area contributed by atoms with E-state index in [2.05, 4.69) is 15.4 Å². The molecule has 0 aromatic heterocycles.